The molecule has 0 bridgehead atoms. The van der Waals surface area contributed by atoms with Gasteiger partial charge in [0, 0.05) is 35.0 Å². The van der Waals surface area contributed by atoms with E-state index < -0.39 is 0 Å². The second kappa shape index (κ2) is 10.3. The van der Waals surface area contributed by atoms with Crippen molar-refractivity contribution in [2.75, 3.05) is 5.32 Å². The maximum absolute atomic E-state index is 13.4. The first-order chi connectivity index (χ1) is 17.5. The highest BCUT2D eigenvalue weighted by molar-refractivity contribution is 6.30. The third-order valence-corrected chi connectivity index (χ3v) is 5.44. The number of anilines is 2. The van der Waals surface area contributed by atoms with Gasteiger partial charge in [-0.15, -0.1) is 0 Å². The van der Waals surface area contributed by atoms with Crippen LogP contribution in [0.2, 0.25) is 5.02 Å². The molecule has 3 heterocycles. The van der Waals surface area contributed by atoms with Gasteiger partial charge in [0.25, 0.3) is 11.4 Å². The van der Waals surface area contributed by atoms with E-state index in [2.05, 4.69) is 20.4 Å². The van der Waals surface area contributed by atoms with E-state index in [1.165, 1.54) is 29.7 Å². The van der Waals surface area contributed by atoms with E-state index >= 15 is 0 Å². The predicted octanol–water partition coefficient (Wildman–Crippen LogP) is 4.88. The van der Waals surface area contributed by atoms with Crippen LogP contribution in [0.15, 0.2) is 93.4 Å². The van der Waals surface area contributed by atoms with Crippen LogP contribution >= 0.6 is 11.6 Å². The molecule has 11 heteroatoms. The van der Waals surface area contributed by atoms with Crippen LogP contribution in [0, 0.1) is 0 Å². The Hall–Kier alpha value is -4.70. The van der Waals surface area contributed by atoms with Gasteiger partial charge in [0.15, 0.2) is 12.2 Å². The van der Waals surface area contributed by atoms with Crippen molar-refractivity contribution in [3.63, 3.8) is 0 Å². The minimum Gasteiger partial charge on any atom is -0.451 e. The summed E-state index contributed by atoms with van der Waals surface area (Å²) in [5, 5.41) is 7.46. The third kappa shape index (κ3) is 5.34. The molecule has 0 saturated heterocycles. The summed E-state index contributed by atoms with van der Waals surface area (Å²) in [4.78, 5) is 34.2. The highest BCUT2D eigenvalue weighted by Crippen LogP contribution is 2.23. The van der Waals surface area contributed by atoms with Crippen molar-refractivity contribution in [1.82, 2.24) is 19.7 Å². The molecule has 0 fully saturated rings. The molecule has 0 radical (unpaired) electrons. The van der Waals surface area contributed by atoms with Crippen LogP contribution in [0.1, 0.15) is 21.6 Å². The molecular formula is C25H18ClN5O5. The van der Waals surface area contributed by atoms with Crippen molar-refractivity contribution < 1.29 is 18.5 Å². The average molecular weight is 504 g/mol. The van der Waals surface area contributed by atoms with Crippen molar-refractivity contribution >= 4 is 29.0 Å². The minimum absolute atomic E-state index is 0.147. The van der Waals surface area contributed by atoms with E-state index in [-0.39, 0.29) is 35.6 Å². The van der Waals surface area contributed by atoms with Crippen LogP contribution in [0.3, 0.4) is 0 Å². The molecule has 0 saturated carbocycles. The van der Waals surface area contributed by atoms with E-state index in [1.807, 2.05) is 12.1 Å². The van der Waals surface area contributed by atoms with Gasteiger partial charge in [-0.1, -0.05) is 23.7 Å². The summed E-state index contributed by atoms with van der Waals surface area (Å²) in [7, 11) is 0. The molecule has 2 aromatic carbocycles. The molecule has 3 aromatic heterocycles. The van der Waals surface area contributed by atoms with E-state index in [4.69, 9.17) is 25.3 Å². The maximum atomic E-state index is 13.4. The number of halogens is 1. The number of benzene rings is 2. The molecule has 0 atom stereocenters. The average Bonchev–Trinajstić information content (AvgIpc) is 3.60. The van der Waals surface area contributed by atoms with Crippen molar-refractivity contribution in [3.05, 3.63) is 112 Å². The third-order valence-electron chi connectivity index (χ3n) is 5.19. The Kier molecular flexibility index (Phi) is 6.59. The van der Waals surface area contributed by atoms with Crippen LogP contribution in [0.5, 0.6) is 11.6 Å². The lowest BCUT2D eigenvalue weighted by molar-refractivity contribution is 0.0987. The molecule has 0 aliphatic carbocycles. The van der Waals surface area contributed by atoms with Gasteiger partial charge in [-0.05, 0) is 47.1 Å². The summed E-state index contributed by atoms with van der Waals surface area (Å²) >= 11 is 6.01. The van der Waals surface area contributed by atoms with Crippen molar-refractivity contribution in [1.29, 1.82) is 0 Å². The number of ether oxygens (including phenoxy) is 1. The number of oxazole rings is 1. The molecule has 1 N–H and O–H groups in total. The standard InChI is InChI=1S/C25H18ClN5O5/c26-18-3-1-16(2-4-18)13-31-24(33)17(11-22(32)21-14-34-15-28-21)12-27-25(31)29-19-5-7-20(8-6-19)36-23-9-10-35-30-23/h1-10,12,14-15H,11,13H2,(H,27,29). The first-order valence-electron chi connectivity index (χ1n) is 10.7. The Balaban J connectivity index is 1.43. The van der Waals surface area contributed by atoms with Crippen LogP contribution < -0.4 is 15.6 Å². The molecule has 0 aliphatic rings. The molecule has 0 unspecified atom stereocenters. The van der Waals surface area contributed by atoms with E-state index in [9.17, 15) is 9.59 Å². The van der Waals surface area contributed by atoms with Gasteiger partial charge in [-0.3, -0.25) is 14.2 Å². The van der Waals surface area contributed by atoms with E-state index in [0.717, 1.165) is 5.56 Å². The maximum Gasteiger partial charge on any atom is 0.259 e. The second-order valence-electron chi connectivity index (χ2n) is 7.69. The lowest BCUT2D eigenvalue weighted by atomic mass is 10.1. The lowest BCUT2D eigenvalue weighted by Gasteiger charge is -2.15. The first kappa shape index (κ1) is 23.1. The largest absolute Gasteiger partial charge is 0.451 e. The Morgan fingerprint density at radius 3 is 2.56 bits per heavy atom. The number of hydrogen-bond acceptors (Lipinski definition) is 9. The molecule has 0 aliphatic heterocycles. The van der Waals surface area contributed by atoms with Crippen LogP contribution in [0.25, 0.3) is 0 Å². The SMILES string of the molecule is O=C(Cc1cnc(Nc2ccc(Oc3ccon3)cc2)n(Cc2ccc(Cl)cc2)c1=O)c1cocn1. The zero-order valence-electron chi connectivity index (χ0n) is 18.6. The van der Waals surface area contributed by atoms with Gasteiger partial charge in [0.1, 0.15) is 24.0 Å². The normalized spacial score (nSPS) is 10.8. The number of aromatic nitrogens is 4. The Bertz CT molecular complexity index is 1510. The van der Waals surface area contributed by atoms with Gasteiger partial charge in [0.05, 0.1) is 6.54 Å². The van der Waals surface area contributed by atoms with Crippen LogP contribution in [-0.4, -0.2) is 25.5 Å². The van der Waals surface area contributed by atoms with Gasteiger partial charge in [-0.25, -0.2) is 9.97 Å². The number of ketones is 1. The Morgan fingerprint density at radius 2 is 1.86 bits per heavy atom. The fourth-order valence-corrected chi connectivity index (χ4v) is 3.52. The second-order valence-corrected chi connectivity index (χ2v) is 8.12. The van der Waals surface area contributed by atoms with Crippen molar-refractivity contribution in [2.45, 2.75) is 13.0 Å². The van der Waals surface area contributed by atoms with Crippen LogP contribution in [0.4, 0.5) is 11.6 Å². The number of carbonyl (C=O) groups is 1. The summed E-state index contributed by atoms with van der Waals surface area (Å²) in [6, 6.07) is 15.8. The zero-order chi connectivity index (χ0) is 24.9. The first-order valence-corrected chi connectivity index (χ1v) is 11.1. The molecule has 180 valence electrons. The van der Waals surface area contributed by atoms with Gasteiger partial charge < -0.3 is 19.0 Å². The molecule has 10 nitrogen and oxygen atoms in total. The lowest BCUT2D eigenvalue weighted by Crippen LogP contribution is -2.28. The van der Waals surface area contributed by atoms with E-state index in [1.54, 1.807) is 42.5 Å². The summed E-state index contributed by atoms with van der Waals surface area (Å²) < 4.78 is 16.7. The molecule has 36 heavy (non-hydrogen) atoms. The summed E-state index contributed by atoms with van der Waals surface area (Å²) in [6.07, 6.45) is 5.06. The number of carbonyl (C=O) groups excluding carboxylic acids is 1. The van der Waals surface area contributed by atoms with Crippen molar-refractivity contribution in [2.24, 2.45) is 0 Å². The Morgan fingerprint density at radius 1 is 1.06 bits per heavy atom. The molecule has 0 amide bonds. The predicted molar refractivity (Wildman–Crippen MR) is 130 cm³/mol. The minimum atomic E-state index is -0.356. The number of Topliss-reactive ketones (excluding diaryl/α,β-unsaturated/α-hetero) is 1. The van der Waals surface area contributed by atoms with Gasteiger partial charge >= 0.3 is 0 Å². The van der Waals surface area contributed by atoms with E-state index in [0.29, 0.717) is 28.3 Å². The highest BCUT2D eigenvalue weighted by Gasteiger charge is 2.17. The van der Waals surface area contributed by atoms with Crippen molar-refractivity contribution in [3.8, 4) is 11.6 Å². The number of hydrogen-bond donors (Lipinski definition) is 1. The number of nitrogens with zero attached hydrogens (tertiary/aromatic N) is 4. The quantitative estimate of drug-likeness (QED) is 0.280. The topological polar surface area (TPSA) is 125 Å². The monoisotopic (exact) mass is 503 g/mol. The fourth-order valence-electron chi connectivity index (χ4n) is 3.40. The zero-order valence-corrected chi connectivity index (χ0v) is 19.4. The molecular weight excluding hydrogens is 486 g/mol. The number of rotatable bonds is 9. The smallest absolute Gasteiger partial charge is 0.259 e. The molecule has 5 rings (SSSR count). The fraction of sp³-hybridized carbons (Fsp3) is 0.0800. The summed E-state index contributed by atoms with van der Waals surface area (Å²) in [5.74, 6) is 0.856. The number of nitrogens with one attached hydrogen (secondary N) is 1. The molecule has 5 aromatic rings. The molecule has 0 spiro atoms. The summed E-state index contributed by atoms with van der Waals surface area (Å²) in [5.41, 5.74) is 1.53. The Labute approximate surface area is 209 Å². The van der Waals surface area contributed by atoms with Gasteiger partial charge in [-0.2, -0.15) is 0 Å². The van der Waals surface area contributed by atoms with Gasteiger partial charge in [0.2, 0.25) is 5.95 Å². The highest BCUT2D eigenvalue weighted by atomic mass is 35.5. The van der Waals surface area contributed by atoms with Crippen LogP contribution in [-0.2, 0) is 13.0 Å². The summed E-state index contributed by atoms with van der Waals surface area (Å²) in [6.45, 7) is 0.213.